The maximum atomic E-state index is 7.99. The van der Waals surface area contributed by atoms with E-state index in [1.165, 1.54) is 0 Å². The molecule has 5 nitrogen and oxygen atoms in total. The topological polar surface area (TPSA) is 70.4 Å². The molecule has 0 aliphatic carbocycles. The third-order valence-electron chi connectivity index (χ3n) is 1.61. The molecular formula is C7H12N4O. The van der Waals surface area contributed by atoms with Crippen LogP contribution in [0.15, 0.2) is 10.1 Å². The van der Waals surface area contributed by atoms with E-state index in [1.54, 1.807) is 0 Å². The van der Waals surface area contributed by atoms with Gasteiger partial charge in [0.05, 0.1) is 6.54 Å². The quantitative estimate of drug-likeness (QED) is 0.267. The van der Waals surface area contributed by atoms with Gasteiger partial charge in [-0.3, -0.25) is 4.99 Å². The summed E-state index contributed by atoms with van der Waals surface area (Å²) in [6.07, 6.45) is 2.77. The van der Waals surface area contributed by atoms with E-state index >= 15 is 0 Å². The summed E-state index contributed by atoms with van der Waals surface area (Å²) in [5.41, 5.74) is 7.99. The summed E-state index contributed by atoms with van der Waals surface area (Å²) in [5, 5.41) is 3.44. The van der Waals surface area contributed by atoms with Gasteiger partial charge in [0.15, 0.2) is 5.90 Å². The van der Waals surface area contributed by atoms with Crippen molar-refractivity contribution in [3.63, 3.8) is 0 Å². The highest BCUT2D eigenvalue weighted by atomic mass is 16.5. The zero-order valence-electron chi connectivity index (χ0n) is 6.94. The van der Waals surface area contributed by atoms with Gasteiger partial charge >= 0.3 is 0 Å². The van der Waals surface area contributed by atoms with Crippen molar-refractivity contribution in [2.75, 3.05) is 19.7 Å². The van der Waals surface area contributed by atoms with Gasteiger partial charge in [0, 0.05) is 17.9 Å². The molecule has 0 radical (unpaired) electrons. The van der Waals surface area contributed by atoms with Gasteiger partial charge in [0.2, 0.25) is 0 Å². The van der Waals surface area contributed by atoms with Gasteiger partial charge in [-0.15, -0.1) is 0 Å². The van der Waals surface area contributed by atoms with Crippen molar-refractivity contribution in [3.05, 3.63) is 10.4 Å². The minimum absolute atomic E-state index is 0.573. The Balaban J connectivity index is 1.98. The van der Waals surface area contributed by atoms with Crippen LogP contribution in [0.4, 0.5) is 0 Å². The first-order valence-corrected chi connectivity index (χ1v) is 4.10. The smallest absolute Gasteiger partial charge is 0.183 e. The van der Waals surface area contributed by atoms with E-state index in [1.807, 2.05) is 0 Å². The third kappa shape index (κ3) is 3.25. The summed E-state index contributed by atoms with van der Waals surface area (Å²) in [5.74, 6) is 0.857. The molecule has 0 fully saturated rings. The molecule has 12 heavy (non-hydrogen) atoms. The van der Waals surface area contributed by atoms with Crippen LogP contribution in [0.2, 0.25) is 0 Å². The lowest BCUT2D eigenvalue weighted by Gasteiger charge is -1.98. The largest absolute Gasteiger partial charge is 0.479 e. The fraction of sp³-hybridized carbons (Fsp3) is 0.857. The monoisotopic (exact) mass is 168 g/mol. The molecule has 1 aliphatic heterocycles. The first-order chi connectivity index (χ1) is 5.93. The van der Waals surface area contributed by atoms with Crippen molar-refractivity contribution in [2.24, 2.45) is 10.1 Å². The third-order valence-corrected chi connectivity index (χ3v) is 1.61. The first kappa shape index (κ1) is 8.87. The Labute approximate surface area is 71.1 Å². The fourth-order valence-corrected chi connectivity index (χ4v) is 1.03. The van der Waals surface area contributed by atoms with E-state index in [-0.39, 0.29) is 0 Å². The molecule has 0 atom stereocenters. The standard InChI is InChI=1S/C7H12N4O/c8-11-10-4-2-1-3-7-9-5-6-12-7/h1-6H2. The van der Waals surface area contributed by atoms with Crippen molar-refractivity contribution in [3.8, 4) is 0 Å². The summed E-state index contributed by atoms with van der Waals surface area (Å²) in [6, 6.07) is 0. The zero-order chi connectivity index (χ0) is 8.65. The Kier molecular flexibility index (Phi) is 4.02. The molecule has 1 heterocycles. The van der Waals surface area contributed by atoms with E-state index in [0.29, 0.717) is 6.54 Å². The average molecular weight is 168 g/mol. The van der Waals surface area contributed by atoms with Crippen LogP contribution < -0.4 is 0 Å². The van der Waals surface area contributed by atoms with Crippen LogP contribution in [0.25, 0.3) is 10.4 Å². The summed E-state index contributed by atoms with van der Waals surface area (Å²) >= 11 is 0. The minimum Gasteiger partial charge on any atom is -0.479 e. The Morgan fingerprint density at radius 3 is 3.17 bits per heavy atom. The molecule has 0 N–H and O–H groups in total. The summed E-state index contributed by atoms with van der Waals surface area (Å²) < 4.78 is 5.21. The molecule has 1 aliphatic rings. The summed E-state index contributed by atoms with van der Waals surface area (Å²) in [6.45, 7) is 2.10. The maximum Gasteiger partial charge on any atom is 0.183 e. The highest BCUT2D eigenvalue weighted by molar-refractivity contribution is 5.77. The molecule has 1 rings (SSSR count). The van der Waals surface area contributed by atoms with Crippen molar-refractivity contribution < 1.29 is 4.74 Å². The van der Waals surface area contributed by atoms with Crippen LogP contribution in [-0.2, 0) is 4.74 Å². The molecule has 0 aromatic carbocycles. The molecule has 0 unspecified atom stereocenters. The van der Waals surface area contributed by atoms with E-state index in [2.05, 4.69) is 15.0 Å². The van der Waals surface area contributed by atoms with Crippen LogP contribution >= 0.6 is 0 Å². The predicted molar refractivity (Wildman–Crippen MR) is 46.1 cm³/mol. The highest BCUT2D eigenvalue weighted by Crippen LogP contribution is 2.03. The average Bonchev–Trinajstić information content (AvgIpc) is 2.57. The van der Waals surface area contributed by atoms with Gasteiger partial charge in [-0.25, -0.2) is 0 Å². The molecular weight excluding hydrogens is 156 g/mol. The lowest BCUT2D eigenvalue weighted by atomic mass is 10.2. The summed E-state index contributed by atoms with van der Waals surface area (Å²) in [7, 11) is 0. The van der Waals surface area contributed by atoms with Crippen molar-refractivity contribution in [2.45, 2.75) is 19.3 Å². The van der Waals surface area contributed by atoms with E-state index < -0.39 is 0 Å². The molecule has 0 aromatic heterocycles. The Hall–Kier alpha value is -1.22. The van der Waals surface area contributed by atoms with Gasteiger partial charge in [0.25, 0.3) is 0 Å². The highest BCUT2D eigenvalue weighted by Gasteiger charge is 2.05. The van der Waals surface area contributed by atoms with Gasteiger partial charge in [-0.05, 0) is 18.4 Å². The second kappa shape index (κ2) is 5.43. The molecule has 0 bridgehead atoms. The van der Waals surface area contributed by atoms with E-state index in [4.69, 9.17) is 10.3 Å². The molecule has 0 saturated heterocycles. The molecule has 0 saturated carbocycles. The lowest BCUT2D eigenvalue weighted by molar-refractivity contribution is 0.337. The molecule has 0 aromatic rings. The van der Waals surface area contributed by atoms with Crippen LogP contribution in [0, 0.1) is 0 Å². The van der Waals surface area contributed by atoms with Gasteiger partial charge in [-0.1, -0.05) is 5.11 Å². The minimum atomic E-state index is 0.573. The van der Waals surface area contributed by atoms with Crippen LogP contribution in [0.1, 0.15) is 19.3 Å². The van der Waals surface area contributed by atoms with Crippen LogP contribution in [0.3, 0.4) is 0 Å². The second-order valence-electron chi connectivity index (χ2n) is 2.54. The van der Waals surface area contributed by atoms with Gasteiger partial charge < -0.3 is 4.74 Å². The Morgan fingerprint density at radius 1 is 1.58 bits per heavy atom. The normalized spacial score (nSPS) is 14.8. The van der Waals surface area contributed by atoms with Crippen LogP contribution in [-0.4, -0.2) is 25.6 Å². The Bertz CT molecular complexity index is 207. The van der Waals surface area contributed by atoms with Crippen LogP contribution in [0.5, 0.6) is 0 Å². The lowest BCUT2D eigenvalue weighted by Crippen LogP contribution is -1.98. The summed E-state index contributed by atoms with van der Waals surface area (Å²) in [4.78, 5) is 6.81. The number of hydrogen-bond acceptors (Lipinski definition) is 3. The maximum absolute atomic E-state index is 7.99. The molecule has 0 spiro atoms. The number of aliphatic imine (C=N–C) groups is 1. The van der Waals surface area contributed by atoms with Gasteiger partial charge in [0.1, 0.15) is 6.61 Å². The first-order valence-electron chi connectivity index (χ1n) is 4.10. The number of ether oxygens (including phenoxy) is 1. The van der Waals surface area contributed by atoms with Crippen molar-refractivity contribution in [1.29, 1.82) is 0 Å². The number of rotatable bonds is 5. The Morgan fingerprint density at radius 2 is 2.50 bits per heavy atom. The van der Waals surface area contributed by atoms with E-state index in [9.17, 15) is 0 Å². The zero-order valence-corrected chi connectivity index (χ0v) is 6.94. The predicted octanol–water partition coefficient (Wildman–Crippen LogP) is 1.90. The number of nitrogens with zero attached hydrogens (tertiary/aromatic N) is 4. The van der Waals surface area contributed by atoms with Gasteiger partial charge in [-0.2, -0.15) is 0 Å². The number of unbranched alkanes of at least 4 members (excludes halogenated alkanes) is 1. The molecule has 66 valence electrons. The van der Waals surface area contributed by atoms with E-state index in [0.717, 1.165) is 38.3 Å². The van der Waals surface area contributed by atoms with Crippen molar-refractivity contribution >= 4 is 5.90 Å². The fourth-order valence-electron chi connectivity index (χ4n) is 1.03. The number of azide groups is 1. The SMILES string of the molecule is [N-]=[N+]=NCCCCC1=NCCO1. The molecule has 0 amide bonds. The second-order valence-corrected chi connectivity index (χ2v) is 2.54. The number of hydrogen-bond donors (Lipinski definition) is 0. The van der Waals surface area contributed by atoms with Crippen molar-refractivity contribution in [1.82, 2.24) is 0 Å². The molecule has 5 heteroatoms.